The second-order valence-corrected chi connectivity index (χ2v) is 5.03. The summed E-state index contributed by atoms with van der Waals surface area (Å²) in [6, 6.07) is 4.67. The Morgan fingerprint density at radius 1 is 1.32 bits per heavy atom. The fourth-order valence-corrected chi connectivity index (χ4v) is 2.40. The lowest BCUT2D eigenvalue weighted by Crippen LogP contribution is -2.15. The van der Waals surface area contributed by atoms with Gasteiger partial charge in [0.25, 0.3) is 0 Å². The van der Waals surface area contributed by atoms with Crippen LogP contribution < -0.4 is 5.32 Å². The predicted molar refractivity (Wildman–Crippen MR) is 71.7 cm³/mol. The largest absolute Gasteiger partial charge is 0.378 e. The van der Waals surface area contributed by atoms with Gasteiger partial charge in [0.1, 0.15) is 11.6 Å². The Morgan fingerprint density at radius 2 is 2.21 bits per heavy atom. The van der Waals surface area contributed by atoms with Crippen molar-refractivity contribution in [2.45, 2.75) is 32.4 Å². The maximum absolute atomic E-state index is 13.3. The van der Waals surface area contributed by atoms with Crippen molar-refractivity contribution in [2.75, 3.05) is 5.32 Å². The van der Waals surface area contributed by atoms with E-state index < -0.39 is 5.82 Å². The first-order valence-corrected chi connectivity index (χ1v) is 6.72. The molecule has 0 radical (unpaired) electrons. The summed E-state index contributed by atoms with van der Waals surface area (Å²) in [4.78, 5) is 0. The monoisotopic (exact) mass is 280 g/mol. The number of fused-ring (bicyclic) bond motifs is 1. The van der Waals surface area contributed by atoms with Gasteiger partial charge in [0.2, 0.25) is 0 Å². The topological polar surface area (TPSA) is 42.7 Å². The molecule has 19 heavy (non-hydrogen) atoms. The Labute approximate surface area is 115 Å². The molecule has 1 aliphatic heterocycles. The first-order valence-electron chi connectivity index (χ1n) is 6.34. The van der Waals surface area contributed by atoms with Crippen molar-refractivity contribution < 1.29 is 4.39 Å². The summed E-state index contributed by atoms with van der Waals surface area (Å²) in [7, 11) is 0. The standard InChI is InChI=1S/C13H14ClFN4/c14-10-5-4-9(7-11(10)15)16-8-13-18-17-12-3-1-2-6-19(12)13/h4-5,7,16H,1-3,6,8H2. The van der Waals surface area contributed by atoms with E-state index >= 15 is 0 Å². The maximum Gasteiger partial charge on any atom is 0.152 e. The van der Waals surface area contributed by atoms with Crippen LogP contribution in [0.5, 0.6) is 0 Å². The van der Waals surface area contributed by atoms with E-state index in [-0.39, 0.29) is 5.02 Å². The van der Waals surface area contributed by atoms with E-state index in [0.29, 0.717) is 12.2 Å². The van der Waals surface area contributed by atoms with Crippen molar-refractivity contribution >= 4 is 17.3 Å². The molecule has 2 heterocycles. The van der Waals surface area contributed by atoms with Crippen LogP contribution in [-0.4, -0.2) is 14.8 Å². The summed E-state index contributed by atoms with van der Waals surface area (Å²) in [6.07, 6.45) is 3.32. The van der Waals surface area contributed by atoms with E-state index in [2.05, 4.69) is 20.1 Å². The van der Waals surface area contributed by atoms with Crippen molar-refractivity contribution in [2.24, 2.45) is 0 Å². The summed E-state index contributed by atoms with van der Waals surface area (Å²) in [5, 5.41) is 11.6. The number of halogens is 2. The molecule has 1 aromatic carbocycles. The molecular formula is C13H14ClFN4. The van der Waals surface area contributed by atoms with Crippen LogP contribution in [0.4, 0.5) is 10.1 Å². The summed E-state index contributed by atoms with van der Waals surface area (Å²) >= 11 is 5.65. The van der Waals surface area contributed by atoms with Gasteiger partial charge in [-0.1, -0.05) is 11.6 Å². The second-order valence-electron chi connectivity index (χ2n) is 4.62. The molecule has 1 aliphatic rings. The molecule has 1 N–H and O–H groups in total. The van der Waals surface area contributed by atoms with Gasteiger partial charge in [-0.2, -0.15) is 0 Å². The number of hydrogen-bond acceptors (Lipinski definition) is 3. The number of anilines is 1. The van der Waals surface area contributed by atoms with Crippen LogP contribution in [0.3, 0.4) is 0 Å². The van der Waals surface area contributed by atoms with E-state index in [1.54, 1.807) is 12.1 Å². The molecule has 0 saturated carbocycles. The van der Waals surface area contributed by atoms with Crippen molar-refractivity contribution in [3.63, 3.8) is 0 Å². The molecule has 4 nitrogen and oxygen atoms in total. The lowest BCUT2D eigenvalue weighted by Gasteiger charge is -2.15. The highest BCUT2D eigenvalue weighted by molar-refractivity contribution is 6.30. The third-order valence-electron chi connectivity index (χ3n) is 3.31. The summed E-state index contributed by atoms with van der Waals surface area (Å²) in [5.41, 5.74) is 0.690. The molecule has 1 aromatic heterocycles. The van der Waals surface area contributed by atoms with Crippen LogP contribution in [-0.2, 0) is 19.5 Å². The highest BCUT2D eigenvalue weighted by atomic mass is 35.5. The fourth-order valence-electron chi connectivity index (χ4n) is 2.29. The molecule has 0 unspecified atom stereocenters. The first-order chi connectivity index (χ1) is 9.24. The summed E-state index contributed by atoms with van der Waals surface area (Å²) in [6.45, 7) is 1.50. The van der Waals surface area contributed by atoms with E-state index in [4.69, 9.17) is 11.6 Å². The minimum absolute atomic E-state index is 0.130. The van der Waals surface area contributed by atoms with E-state index in [1.165, 1.54) is 12.5 Å². The molecule has 0 amide bonds. The van der Waals surface area contributed by atoms with Gasteiger partial charge in [0, 0.05) is 18.7 Å². The third kappa shape index (κ3) is 2.56. The molecule has 0 bridgehead atoms. The second kappa shape index (κ2) is 5.17. The average Bonchev–Trinajstić information content (AvgIpc) is 2.83. The summed E-state index contributed by atoms with van der Waals surface area (Å²) in [5.74, 6) is 1.52. The van der Waals surface area contributed by atoms with Gasteiger partial charge in [0.05, 0.1) is 11.6 Å². The smallest absolute Gasteiger partial charge is 0.152 e. The average molecular weight is 281 g/mol. The van der Waals surface area contributed by atoms with Crippen LogP contribution in [0.2, 0.25) is 5.02 Å². The van der Waals surface area contributed by atoms with Gasteiger partial charge >= 0.3 is 0 Å². The third-order valence-corrected chi connectivity index (χ3v) is 3.61. The zero-order valence-electron chi connectivity index (χ0n) is 10.4. The van der Waals surface area contributed by atoms with E-state index in [1.807, 2.05) is 0 Å². The molecule has 100 valence electrons. The van der Waals surface area contributed by atoms with Crippen molar-refractivity contribution in [3.05, 3.63) is 40.7 Å². The van der Waals surface area contributed by atoms with Gasteiger partial charge < -0.3 is 9.88 Å². The number of aryl methyl sites for hydroxylation is 1. The molecule has 0 fully saturated rings. The number of nitrogens with zero attached hydrogens (tertiary/aromatic N) is 3. The Bertz CT molecular complexity index is 596. The highest BCUT2D eigenvalue weighted by Gasteiger charge is 2.15. The number of benzene rings is 1. The van der Waals surface area contributed by atoms with Crippen molar-refractivity contribution in [3.8, 4) is 0 Å². The zero-order valence-corrected chi connectivity index (χ0v) is 11.1. The molecule has 2 aromatic rings. The van der Waals surface area contributed by atoms with Gasteiger partial charge in [-0.05, 0) is 31.0 Å². The minimum Gasteiger partial charge on any atom is -0.378 e. The molecule has 0 saturated heterocycles. The van der Waals surface area contributed by atoms with Crippen molar-refractivity contribution in [1.82, 2.24) is 14.8 Å². The first kappa shape index (κ1) is 12.4. The number of nitrogens with one attached hydrogen (secondary N) is 1. The number of aromatic nitrogens is 3. The maximum atomic E-state index is 13.3. The van der Waals surface area contributed by atoms with Gasteiger partial charge in [-0.25, -0.2) is 4.39 Å². The Balaban J connectivity index is 1.72. The molecule has 3 rings (SSSR count). The highest BCUT2D eigenvalue weighted by Crippen LogP contribution is 2.20. The quantitative estimate of drug-likeness (QED) is 0.940. The van der Waals surface area contributed by atoms with Crippen LogP contribution in [0.25, 0.3) is 0 Å². The Kier molecular flexibility index (Phi) is 3.38. The normalized spacial score (nSPS) is 14.2. The van der Waals surface area contributed by atoms with Gasteiger partial charge in [-0.15, -0.1) is 10.2 Å². The van der Waals surface area contributed by atoms with Crippen LogP contribution in [0.15, 0.2) is 18.2 Å². The van der Waals surface area contributed by atoms with Crippen LogP contribution in [0.1, 0.15) is 24.5 Å². The summed E-state index contributed by atoms with van der Waals surface area (Å²) < 4.78 is 15.5. The molecule has 0 atom stereocenters. The van der Waals surface area contributed by atoms with Crippen molar-refractivity contribution in [1.29, 1.82) is 0 Å². The lowest BCUT2D eigenvalue weighted by molar-refractivity contribution is 0.510. The molecule has 0 spiro atoms. The van der Waals surface area contributed by atoms with E-state index in [0.717, 1.165) is 31.0 Å². The van der Waals surface area contributed by atoms with E-state index in [9.17, 15) is 4.39 Å². The molecular weight excluding hydrogens is 267 g/mol. The van der Waals surface area contributed by atoms with Gasteiger partial charge in [0.15, 0.2) is 5.82 Å². The molecule has 6 heteroatoms. The predicted octanol–water partition coefficient (Wildman–Crippen LogP) is 3.02. The van der Waals surface area contributed by atoms with Crippen LogP contribution >= 0.6 is 11.6 Å². The zero-order chi connectivity index (χ0) is 13.2. The minimum atomic E-state index is -0.421. The number of rotatable bonds is 3. The van der Waals surface area contributed by atoms with Crippen LogP contribution in [0, 0.1) is 5.82 Å². The Morgan fingerprint density at radius 3 is 3.05 bits per heavy atom. The van der Waals surface area contributed by atoms with Gasteiger partial charge in [-0.3, -0.25) is 0 Å². The molecule has 0 aliphatic carbocycles. The number of hydrogen-bond donors (Lipinski definition) is 1. The fraction of sp³-hybridized carbons (Fsp3) is 0.385. The SMILES string of the molecule is Fc1cc(NCc2nnc3n2CCCC3)ccc1Cl. The lowest BCUT2D eigenvalue weighted by atomic mass is 10.2. The Hall–Kier alpha value is -1.62.